The van der Waals surface area contributed by atoms with Crippen LogP contribution in [0.5, 0.6) is 5.88 Å². The molecule has 0 saturated carbocycles. The minimum absolute atomic E-state index is 0.0719. The first kappa shape index (κ1) is 16.2. The summed E-state index contributed by atoms with van der Waals surface area (Å²) in [5, 5.41) is 3.45. The van der Waals surface area contributed by atoms with Crippen LogP contribution in [0.1, 0.15) is 39.2 Å². The summed E-state index contributed by atoms with van der Waals surface area (Å²) in [5.41, 5.74) is 1.14. The summed E-state index contributed by atoms with van der Waals surface area (Å²) in [6.45, 7) is 11.5. The monoisotopic (exact) mass is 326 g/mol. The van der Waals surface area contributed by atoms with Gasteiger partial charge in [0, 0.05) is 28.3 Å². The summed E-state index contributed by atoms with van der Waals surface area (Å²) in [6, 6.07) is 2.05. The van der Waals surface area contributed by atoms with Crippen molar-refractivity contribution in [3.63, 3.8) is 0 Å². The van der Waals surface area contributed by atoms with Crippen LogP contribution in [0.4, 0.5) is 0 Å². The highest BCUT2D eigenvalue weighted by Crippen LogP contribution is 2.21. The van der Waals surface area contributed by atoms with Gasteiger partial charge in [-0.05, 0) is 55.6 Å². The van der Waals surface area contributed by atoms with Crippen LogP contribution in [-0.4, -0.2) is 17.1 Å². The van der Waals surface area contributed by atoms with E-state index in [4.69, 9.17) is 4.74 Å². The van der Waals surface area contributed by atoms with Gasteiger partial charge in [-0.25, -0.2) is 4.98 Å². The number of halogens is 1. The molecule has 3 nitrogen and oxygen atoms in total. The topological polar surface area (TPSA) is 34.1 Å². The zero-order chi connectivity index (χ0) is 14.3. The molecule has 0 aliphatic heterocycles. The van der Waals surface area contributed by atoms with Crippen LogP contribution < -0.4 is 10.1 Å². The first-order chi connectivity index (χ1) is 8.92. The summed E-state index contributed by atoms with van der Waals surface area (Å²) in [5.74, 6) is 0.712. The maximum atomic E-state index is 5.74. The van der Waals surface area contributed by atoms with Crippen LogP contribution in [-0.2, 0) is 6.54 Å². The third-order valence-corrected chi connectivity index (χ3v) is 2.93. The molecule has 0 saturated heterocycles. The van der Waals surface area contributed by atoms with E-state index in [1.165, 1.54) is 0 Å². The van der Waals surface area contributed by atoms with Gasteiger partial charge in [-0.3, -0.25) is 0 Å². The van der Waals surface area contributed by atoms with Gasteiger partial charge >= 0.3 is 0 Å². The van der Waals surface area contributed by atoms with Crippen LogP contribution in [0.3, 0.4) is 0 Å². The predicted octanol–water partition coefficient (Wildman–Crippen LogP) is 4.08. The van der Waals surface area contributed by atoms with Crippen molar-refractivity contribution >= 4 is 15.9 Å². The van der Waals surface area contributed by atoms with Gasteiger partial charge in [-0.1, -0.05) is 6.08 Å². The summed E-state index contributed by atoms with van der Waals surface area (Å²) >= 11 is 3.45. The number of aromatic nitrogens is 1. The van der Waals surface area contributed by atoms with Crippen LogP contribution in [0, 0.1) is 0 Å². The number of nitrogens with one attached hydrogen (secondary N) is 1. The van der Waals surface area contributed by atoms with Gasteiger partial charge in [0.25, 0.3) is 0 Å². The van der Waals surface area contributed by atoms with Crippen molar-refractivity contribution in [2.75, 3.05) is 6.61 Å². The van der Waals surface area contributed by atoms with Gasteiger partial charge in [0.2, 0.25) is 5.88 Å². The van der Waals surface area contributed by atoms with E-state index in [0.29, 0.717) is 12.5 Å². The molecule has 0 aliphatic rings. The van der Waals surface area contributed by atoms with Crippen molar-refractivity contribution < 1.29 is 4.74 Å². The van der Waals surface area contributed by atoms with Crippen molar-refractivity contribution in [1.82, 2.24) is 10.3 Å². The van der Waals surface area contributed by atoms with E-state index in [9.17, 15) is 0 Å². The van der Waals surface area contributed by atoms with Gasteiger partial charge in [-0.2, -0.15) is 0 Å². The Balaban J connectivity index is 2.65. The second kappa shape index (κ2) is 7.65. The Labute approximate surface area is 124 Å². The van der Waals surface area contributed by atoms with E-state index in [1.807, 2.05) is 6.08 Å². The fraction of sp³-hybridized carbons (Fsp3) is 0.533. The molecule has 1 aromatic rings. The molecule has 1 aromatic heterocycles. The van der Waals surface area contributed by atoms with Gasteiger partial charge in [0.05, 0.1) is 6.61 Å². The Morgan fingerprint density at radius 1 is 1.47 bits per heavy atom. The third kappa shape index (κ3) is 6.73. The van der Waals surface area contributed by atoms with E-state index in [0.717, 1.165) is 29.4 Å². The first-order valence-corrected chi connectivity index (χ1v) is 7.35. The van der Waals surface area contributed by atoms with Crippen molar-refractivity contribution in [2.24, 2.45) is 0 Å². The lowest BCUT2D eigenvalue weighted by Gasteiger charge is -2.21. The number of hydrogen-bond acceptors (Lipinski definition) is 3. The number of rotatable bonds is 7. The van der Waals surface area contributed by atoms with E-state index < -0.39 is 0 Å². The highest BCUT2D eigenvalue weighted by Gasteiger charge is 2.12. The molecule has 19 heavy (non-hydrogen) atoms. The number of ether oxygens (including phenoxy) is 1. The Morgan fingerprint density at radius 2 is 2.21 bits per heavy atom. The second-order valence-corrected chi connectivity index (χ2v) is 6.42. The minimum atomic E-state index is 0.0719. The summed E-state index contributed by atoms with van der Waals surface area (Å²) in [6.07, 6.45) is 5.60. The third-order valence-electron chi connectivity index (χ3n) is 2.49. The molecule has 4 heteroatoms. The minimum Gasteiger partial charge on any atom is -0.477 e. The number of unbranched alkanes of at least 4 members (excludes halogenated alkanes) is 1. The predicted molar refractivity (Wildman–Crippen MR) is 83.5 cm³/mol. The molecule has 0 unspecified atom stereocenters. The lowest BCUT2D eigenvalue weighted by molar-refractivity contribution is 0.294. The molecule has 0 fully saturated rings. The molecule has 0 radical (unpaired) electrons. The molecule has 1 heterocycles. The van der Waals surface area contributed by atoms with Crippen molar-refractivity contribution in [3.8, 4) is 5.88 Å². The highest BCUT2D eigenvalue weighted by atomic mass is 79.9. The lowest BCUT2D eigenvalue weighted by atomic mass is 10.1. The molecule has 0 aliphatic carbocycles. The normalized spacial score (nSPS) is 11.4. The zero-order valence-corrected chi connectivity index (χ0v) is 13.6. The van der Waals surface area contributed by atoms with E-state index in [-0.39, 0.29) is 5.54 Å². The zero-order valence-electron chi connectivity index (χ0n) is 12.0. The van der Waals surface area contributed by atoms with Crippen LogP contribution in [0.2, 0.25) is 0 Å². The van der Waals surface area contributed by atoms with E-state index in [1.54, 1.807) is 6.20 Å². The van der Waals surface area contributed by atoms with Gasteiger partial charge in [0.1, 0.15) is 0 Å². The molecule has 0 bridgehead atoms. The quantitative estimate of drug-likeness (QED) is 0.605. The smallest absolute Gasteiger partial charge is 0.217 e. The summed E-state index contributed by atoms with van der Waals surface area (Å²) < 4.78 is 6.71. The molecule has 0 amide bonds. The average molecular weight is 327 g/mol. The number of hydrogen-bond donors (Lipinski definition) is 1. The van der Waals surface area contributed by atoms with Crippen LogP contribution in [0.15, 0.2) is 29.4 Å². The highest BCUT2D eigenvalue weighted by molar-refractivity contribution is 9.10. The maximum Gasteiger partial charge on any atom is 0.217 e. The van der Waals surface area contributed by atoms with Crippen molar-refractivity contribution in [2.45, 2.75) is 45.7 Å². The van der Waals surface area contributed by atoms with Gasteiger partial charge < -0.3 is 10.1 Å². The standard InChI is InChI=1S/C15H23BrN2O/c1-5-6-7-8-19-14-12(9-13(16)11-17-14)10-18-15(2,3)4/h5,9,11,18H,1,6-8,10H2,2-4H3. The lowest BCUT2D eigenvalue weighted by Crippen LogP contribution is -2.35. The molecule has 0 aromatic carbocycles. The molecule has 0 atom stereocenters. The molecular formula is C15H23BrN2O. The molecule has 1 N–H and O–H groups in total. The fourth-order valence-corrected chi connectivity index (χ4v) is 1.86. The van der Waals surface area contributed by atoms with Crippen molar-refractivity contribution in [3.05, 3.63) is 35.0 Å². The van der Waals surface area contributed by atoms with Crippen LogP contribution in [0.25, 0.3) is 0 Å². The molecule has 106 valence electrons. The fourth-order valence-electron chi connectivity index (χ4n) is 1.48. The molecular weight excluding hydrogens is 304 g/mol. The van der Waals surface area contributed by atoms with Gasteiger partial charge in [-0.15, -0.1) is 6.58 Å². The summed E-state index contributed by atoms with van der Waals surface area (Å²) in [4.78, 5) is 4.34. The average Bonchev–Trinajstić information content (AvgIpc) is 2.33. The largest absolute Gasteiger partial charge is 0.477 e. The Bertz CT molecular complexity index is 413. The number of allylic oxidation sites excluding steroid dienone is 1. The van der Waals surface area contributed by atoms with E-state index in [2.05, 4.69) is 59.6 Å². The maximum absolute atomic E-state index is 5.74. The Kier molecular flexibility index (Phi) is 6.52. The van der Waals surface area contributed by atoms with Gasteiger partial charge in [0.15, 0.2) is 0 Å². The first-order valence-electron chi connectivity index (χ1n) is 6.55. The SMILES string of the molecule is C=CCCCOc1ncc(Br)cc1CNC(C)(C)C. The Hall–Kier alpha value is -0.870. The second-order valence-electron chi connectivity index (χ2n) is 5.50. The number of pyridine rings is 1. The van der Waals surface area contributed by atoms with E-state index >= 15 is 0 Å². The molecule has 1 rings (SSSR count). The summed E-state index contributed by atoms with van der Waals surface area (Å²) in [7, 11) is 0. The Morgan fingerprint density at radius 3 is 2.84 bits per heavy atom. The molecule has 0 spiro atoms. The van der Waals surface area contributed by atoms with Crippen LogP contribution >= 0.6 is 15.9 Å². The number of nitrogens with zero attached hydrogens (tertiary/aromatic N) is 1. The van der Waals surface area contributed by atoms with Crippen molar-refractivity contribution in [1.29, 1.82) is 0 Å².